The van der Waals surface area contributed by atoms with E-state index >= 15 is 0 Å². The van der Waals surface area contributed by atoms with Gasteiger partial charge in [-0.15, -0.1) is 11.8 Å². The lowest BCUT2D eigenvalue weighted by Crippen LogP contribution is -1.88. The molecule has 88 valence electrons. The number of hydrogen-bond acceptors (Lipinski definition) is 3. The van der Waals surface area contributed by atoms with Gasteiger partial charge in [0.2, 0.25) is 0 Å². The van der Waals surface area contributed by atoms with Crippen molar-refractivity contribution in [2.24, 2.45) is 0 Å². The van der Waals surface area contributed by atoms with Gasteiger partial charge >= 0.3 is 0 Å². The van der Waals surface area contributed by atoms with Gasteiger partial charge < -0.3 is 10.8 Å². The zero-order chi connectivity index (χ0) is 12.3. The van der Waals surface area contributed by atoms with Gasteiger partial charge in [0.25, 0.3) is 0 Å². The van der Waals surface area contributed by atoms with Crippen molar-refractivity contribution in [3.63, 3.8) is 0 Å². The number of phenolic OH excluding ortho intramolecular Hbond substituents is 1. The zero-order valence-electron chi connectivity index (χ0n) is 9.06. The number of rotatable bonds is 3. The molecule has 3 N–H and O–H groups in total. The normalized spacial score (nSPS) is 10.4. The summed E-state index contributed by atoms with van der Waals surface area (Å²) >= 11 is 5.10. The maximum atomic E-state index is 9.69. The average Bonchev–Trinajstić information content (AvgIpc) is 2.30. The van der Waals surface area contributed by atoms with E-state index in [1.54, 1.807) is 30.0 Å². The first-order chi connectivity index (χ1) is 8.15. The summed E-state index contributed by atoms with van der Waals surface area (Å²) in [5.74, 6) is 0.995. The summed E-state index contributed by atoms with van der Waals surface area (Å²) in [5.41, 5.74) is 7.22. The molecule has 0 radical (unpaired) electrons. The molecule has 2 rings (SSSR count). The number of halogens is 1. The lowest BCUT2D eigenvalue weighted by Gasteiger charge is -2.06. The Bertz CT molecular complexity index is 531. The van der Waals surface area contributed by atoms with Gasteiger partial charge in [-0.1, -0.05) is 22.0 Å². The molecule has 2 aromatic carbocycles. The van der Waals surface area contributed by atoms with Crippen molar-refractivity contribution in [3.05, 3.63) is 52.5 Å². The van der Waals surface area contributed by atoms with Gasteiger partial charge in [0.15, 0.2) is 0 Å². The molecule has 17 heavy (non-hydrogen) atoms. The molecule has 0 atom stereocenters. The summed E-state index contributed by atoms with van der Waals surface area (Å²) in [6.45, 7) is 0. The summed E-state index contributed by atoms with van der Waals surface area (Å²) in [4.78, 5) is 1.15. The molecule has 2 aromatic rings. The SMILES string of the molecule is Nc1ccc(O)c(CSc2cccc(Br)c2)c1. The predicted octanol–water partition coefficient (Wildman–Crippen LogP) is 4.03. The van der Waals surface area contributed by atoms with Crippen LogP contribution in [0.2, 0.25) is 0 Å². The average molecular weight is 310 g/mol. The number of nitrogens with two attached hydrogens (primary N) is 1. The van der Waals surface area contributed by atoms with Crippen LogP contribution in [0.4, 0.5) is 5.69 Å². The molecule has 0 unspecified atom stereocenters. The predicted molar refractivity (Wildman–Crippen MR) is 76.2 cm³/mol. The molecule has 4 heteroatoms. The molecule has 0 saturated heterocycles. The molecule has 0 bridgehead atoms. The van der Waals surface area contributed by atoms with Crippen LogP contribution in [0.3, 0.4) is 0 Å². The largest absolute Gasteiger partial charge is 0.508 e. The summed E-state index contributed by atoms with van der Waals surface area (Å²) in [7, 11) is 0. The third-order valence-electron chi connectivity index (χ3n) is 2.29. The zero-order valence-corrected chi connectivity index (χ0v) is 11.5. The van der Waals surface area contributed by atoms with Crippen molar-refractivity contribution in [2.45, 2.75) is 10.6 Å². The number of nitrogen functional groups attached to an aromatic ring is 1. The minimum absolute atomic E-state index is 0.293. The topological polar surface area (TPSA) is 46.2 Å². The van der Waals surface area contributed by atoms with Gasteiger partial charge in [-0.25, -0.2) is 0 Å². The second-order valence-corrected chi connectivity index (χ2v) is 5.60. The van der Waals surface area contributed by atoms with Gasteiger partial charge in [-0.2, -0.15) is 0 Å². The van der Waals surface area contributed by atoms with E-state index in [0.29, 0.717) is 17.2 Å². The van der Waals surface area contributed by atoms with Gasteiger partial charge in [0, 0.05) is 26.4 Å². The molecule has 0 aliphatic carbocycles. The number of thioether (sulfide) groups is 1. The fourth-order valence-electron chi connectivity index (χ4n) is 1.44. The van der Waals surface area contributed by atoms with E-state index in [-0.39, 0.29) is 0 Å². The molecule has 0 fully saturated rings. The second-order valence-electron chi connectivity index (χ2n) is 3.63. The summed E-state index contributed by atoms with van der Waals surface area (Å²) in [5, 5.41) is 9.69. The van der Waals surface area contributed by atoms with E-state index in [1.807, 2.05) is 24.3 Å². The van der Waals surface area contributed by atoms with E-state index in [0.717, 1.165) is 14.9 Å². The lowest BCUT2D eigenvalue weighted by molar-refractivity contribution is 0.471. The van der Waals surface area contributed by atoms with Gasteiger partial charge in [-0.05, 0) is 36.4 Å². The Labute approximate surface area is 113 Å². The molecule has 0 saturated carbocycles. The van der Waals surface area contributed by atoms with Gasteiger partial charge in [0.05, 0.1) is 0 Å². The maximum Gasteiger partial charge on any atom is 0.119 e. The monoisotopic (exact) mass is 309 g/mol. The molecule has 0 spiro atoms. The van der Waals surface area contributed by atoms with Crippen LogP contribution in [-0.2, 0) is 5.75 Å². The van der Waals surface area contributed by atoms with Crippen molar-refractivity contribution in [2.75, 3.05) is 5.73 Å². The highest BCUT2D eigenvalue weighted by molar-refractivity contribution is 9.10. The van der Waals surface area contributed by atoms with Crippen LogP contribution in [0, 0.1) is 0 Å². The van der Waals surface area contributed by atoms with Crippen molar-refractivity contribution in [1.29, 1.82) is 0 Å². The van der Waals surface area contributed by atoms with Crippen molar-refractivity contribution in [1.82, 2.24) is 0 Å². The van der Waals surface area contributed by atoms with Crippen LogP contribution < -0.4 is 5.73 Å². The highest BCUT2D eigenvalue weighted by Gasteiger charge is 2.03. The number of benzene rings is 2. The molecular weight excluding hydrogens is 298 g/mol. The fourth-order valence-corrected chi connectivity index (χ4v) is 2.93. The molecule has 0 amide bonds. The Morgan fingerprint density at radius 2 is 2.00 bits per heavy atom. The van der Waals surface area contributed by atoms with E-state index in [9.17, 15) is 5.11 Å². The Morgan fingerprint density at radius 1 is 1.18 bits per heavy atom. The molecule has 0 heterocycles. The standard InChI is InChI=1S/C13H12BrNOS/c14-10-2-1-3-12(7-10)17-8-9-6-11(15)4-5-13(9)16/h1-7,16H,8,15H2. The van der Waals surface area contributed by atoms with Crippen LogP contribution in [0.5, 0.6) is 5.75 Å². The van der Waals surface area contributed by atoms with Gasteiger partial charge in [0.1, 0.15) is 5.75 Å². The number of phenols is 1. The van der Waals surface area contributed by atoms with E-state index in [2.05, 4.69) is 15.9 Å². The van der Waals surface area contributed by atoms with Crippen molar-refractivity contribution in [3.8, 4) is 5.75 Å². The smallest absolute Gasteiger partial charge is 0.119 e. The van der Waals surface area contributed by atoms with Crippen molar-refractivity contribution >= 4 is 33.4 Å². The minimum atomic E-state index is 0.293. The molecule has 0 aliphatic heterocycles. The maximum absolute atomic E-state index is 9.69. The van der Waals surface area contributed by atoms with Gasteiger partial charge in [-0.3, -0.25) is 0 Å². The number of aromatic hydroxyl groups is 1. The Morgan fingerprint density at radius 3 is 2.76 bits per heavy atom. The Kier molecular flexibility index (Phi) is 3.97. The molecule has 0 aromatic heterocycles. The third kappa shape index (κ3) is 3.41. The van der Waals surface area contributed by atoms with Crippen LogP contribution in [-0.4, -0.2) is 5.11 Å². The Balaban J connectivity index is 2.09. The molecule has 2 nitrogen and oxygen atoms in total. The van der Waals surface area contributed by atoms with E-state index in [1.165, 1.54) is 0 Å². The van der Waals surface area contributed by atoms with Crippen molar-refractivity contribution < 1.29 is 5.11 Å². The highest BCUT2D eigenvalue weighted by Crippen LogP contribution is 2.29. The lowest BCUT2D eigenvalue weighted by atomic mass is 10.2. The number of anilines is 1. The van der Waals surface area contributed by atoms with Crippen LogP contribution in [0.15, 0.2) is 51.8 Å². The summed E-state index contributed by atoms with van der Waals surface area (Å²) in [6, 6.07) is 13.2. The van der Waals surface area contributed by atoms with Crippen LogP contribution in [0.25, 0.3) is 0 Å². The second kappa shape index (κ2) is 5.47. The molecular formula is C13H12BrNOS. The highest BCUT2D eigenvalue weighted by atomic mass is 79.9. The quantitative estimate of drug-likeness (QED) is 0.511. The fraction of sp³-hybridized carbons (Fsp3) is 0.0769. The van der Waals surface area contributed by atoms with E-state index < -0.39 is 0 Å². The van der Waals surface area contributed by atoms with E-state index in [4.69, 9.17) is 5.73 Å². The number of hydrogen-bond donors (Lipinski definition) is 2. The first kappa shape index (κ1) is 12.3. The Hall–Kier alpha value is -1.13. The van der Waals surface area contributed by atoms with Crippen LogP contribution >= 0.6 is 27.7 Å². The summed E-state index contributed by atoms with van der Waals surface area (Å²) in [6.07, 6.45) is 0. The minimum Gasteiger partial charge on any atom is -0.508 e. The summed E-state index contributed by atoms with van der Waals surface area (Å²) < 4.78 is 1.05. The third-order valence-corrected chi connectivity index (χ3v) is 3.83. The van der Waals surface area contributed by atoms with Crippen LogP contribution in [0.1, 0.15) is 5.56 Å². The first-order valence-corrected chi connectivity index (χ1v) is 6.89. The molecule has 0 aliphatic rings. The first-order valence-electron chi connectivity index (χ1n) is 5.11.